The third kappa shape index (κ3) is 3.42. The molecule has 2 aliphatic rings. The number of hydrogen-bond donors (Lipinski definition) is 4. The molecule has 2 fully saturated rings. The molecule has 3 atom stereocenters. The number of nitrogens with one attached hydrogen (secondary N) is 4. The molecule has 6 heteroatoms. The summed E-state index contributed by atoms with van der Waals surface area (Å²) in [5, 5.41) is 7.59. The van der Waals surface area contributed by atoms with Crippen molar-refractivity contribution in [2.75, 3.05) is 6.54 Å². The molecule has 2 bridgehead atoms. The Morgan fingerprint density at radius 1 is 1.12 bits per heavy atom. The van der Waals surface area contributed by atoms with Crippen molar-refractivity contribution in [2.24, 2.45) is 11.8 Å². The third-order valence-electron chi connectivity index (χ3n) is 3.68. The molecule has 0 unspecified atom stereocenters. The van der Waals surface area contributed by atoms with E-state index >= 15 is 0 Å². The van der Waals surface area contributed by atoms with Crippen LogP contribution in [0.15, 0.2) is 0 Å². The van der Waals surface area contributed by atoms with Crippen LogP contribution in [-0.2, 0) is 0 Å². The van der Waals surface area contributed by atoms with Gasteiger partial charge in [0, 0.05) is 12.6 Å². The zero-order chi connectivity index (χ0) is 12.3. The zero-order valence-electron chi connectivity index (χ0n) is 10.1. The molecule has 0 aromatic carbocycles. The minimum absolute atomic E-state index is 0.559. The summed E-state index contributed by atoms with van der Waals surface area (Å²) < 4.78 is 0. The Balaban J connectivity index is 1.66. The summed E-state index contributed by atoms with van der Waals surface area (Å²) >= 11 is 10.3. The minimum atomic E-state index is 0.559. The zero-order valence-corrected chi connectivity index (χ0v) is 11.7. The van der Waals surface area contributed by atoms with Crippen LogP contribution in [0.25, 0.3) is 0 Å². The fourth-order valence-corrected chi connectivity index (χ4v) is 3.34. The predicted molar refractivity (Wildman–Crippen MR) is 77.5 cm³/mol. The van der Waals surface area contributed by atoms with Crippen LogP contribution in [0.5, 0.6) is 0 Å². The minimum Gasteiger partial charge on any atom is -0.362 e. The van der Waals surface area contributed by atoms with E-state index in [9.17, 15) is 0 Å². The van der Waals surface area contributed by atoms with Crippen molar-refractivity contribution in [3.8, 4) is 0 Å². The maximum Gasteiger partial charge on any atom is 0.185 e. The van der Waals surface area contributed by atoms with Gasteiger partial charge in [-0.05, 0) is 62.5 Å². The van der Waals surface area contributed by atoms with Crippen molar-refractivity contribution in [2.45, 2.75) is 38.6 Å². The van der Waals surface area contributed by atoms with Crippen LogP contribution in [0.4, 0.5) is 0 Å². The van der Waals surface area contributed by atoms with Crippen LogP contribution in [-0.4, -0.2) is 22.8 Å². The molecule has 0 radical (unpaired) electrons. The van der Waals surface area contributed by atoms with E-state index in [0.717, 1.165) is 18.4 Å². The second-order valence-corrected chi connectivity index (χ2v) is 5.68. The van der Waals surface area contributed by atoms with Gasteiger partial charge in [0.05, 0.1) is 0 Å². The summed E-state index contributed by atoms with van der Waals surface area (Å²) in [6.07, 6.45) is 5.41. The number of fused-ring (bicyclic) bond motifs is 2. The van der Waals surface area contributed by atoms with Crippen molar-refractivity contribution >= 4 is 34.7 Å². The number of hydrogen-bond acceptors (Lipinski definition) is 2. The normalized spacial score (nSPS) is 29.8. The van der Waals surface area contributed by atoms with Crippen LogP contribution in [0, 0.1) is 11.8 Å². The SMILES string of the molecule is CCNC(=S)NNC(=S)N[C@@H]1C[C@H]2CC[C@@H]1C2. The Labute approximate surface area is 113 Å². The summed E-state index contributed by atoms with van der Waals surface area (Å²) in [5.41, 5.74) is 5.79. The molecule has 0 aromatic rings. The Kier molecular flexibility index (Phi) is 4.39. The smallest absolute Gasteiger partial charge is 0.185 e. The van der Waals surface area contributed by atoms with E-state index in [0.29, 0.717) is 16.3 Å². The lowest BCUT2D eigenvalue weighted by Crippen LogP contribution is -2.53. The molecular formula is C11H20N4S2. The highest BCUT2D eigenvalue weighted by molar-refractivity contribution is 7.80. The van der Waals surface area contributed by atoms with Crippen molar-refractivity contribution in [3.05, 3.63) is 0 Å². The average Bonchev–Trinajstić information content (AvgIpc) is 2.88. The fourth-order valence-electron chi connectivity index (χ4n) is 2.94. The molecule has 2 aliphatic carbocycles. The van der Waals surface area contributed by atoms with Gasteiger partial charge in [-0.3, -0.25) is 10.9 Å². The van der Waals surface area contributed by atoms with Gasteiger partial charge in [0.15, 0.2) is 10.2 Å². The number of thiocarbonyl (C=S) groups is 2. The lowest BCUT2D eigenvalue weighted by atomic mass is 9.96. The van der Waals surface area contributed by atoms with Gasteiger partial charge in [-0.1, -0.05) is 6.42 Å². The van der Waals surface area contributed by atoms with Gasteiger partial charge in [-0.25, -0.2) is 0 Å². The number of rotatable bonds is 2. The number of hydrazine groups is 1. The molecule has 17 heavy (non-hydrogen) atoms. The molecule has 0 aliphatic heterocycles. The van der Waals surface area contributed by atoms with E-state index in [1.165, 1.54) is 25.7 Å². The summed E-state index contributed by atoms with van der Waals surface area (Å²) in [4.78, 5) is 0. The van der Waals surface area contributed by atoms with E-state index in [1.807, 2.05) is 6.92 Å². The Morgan fingerprint density at radius 2 is 1.88 bits per heavy atom. The largest absolute Gasteiger partial charge is 0.362 e. The summed E-state index contributed by atoms with van der Waals surface area (Å²) in [5.74, 6) is 1.75. The first-order valence-corrected chi connectivity index (χ1v) is 7.11. The maximum atomic E-state index is 5.24. The predicted octanol–water partition coefficient (Wildman–Crippen LogP) is 1.04. The van der Waals surface area contributed by atoms with Crippen LogP contribution >= 0.6 is 24.4 Å². The van der Waals surface area contributed by atoms with Crippen LogP contribution in [0.1, 0.15) is 32.6 Å². The molecule has 0 spiro atoms. The van der Waals surface area contributed by atoms with Crippen LogP contribution in [0.3, 0.4) is 0 Å². The van der Waals surface area contributed by atoms with Gasteiger partial charge >= 0.3 is 0 Å². The molecule has 2 rings (SSSR count). The first-order chi connectivity index (χ1) is 8.19. The molecule has 0 heterocycles. The monoisotopic (exact) mass is 272 g/mol. The summed E-state index contributed by atoms with van der Waals surface area (Å²) in [7, 11) is 0. The van der Waals surface area contributed by atoms with Crippen molar-refractivity contribution in [3.63, 3.8) is 0 Å². The lowest BCUT2D eigenvalue weighted by Gasteiger charge is -2.24. The summed E-state index contributed by atoms with van der Waals surface area (Å²) in [6.45, 7) is 2.81. The Bertz CT molecular complexity index is 308. The molecule has 0 amide bonds. The third-order valence-corrected chi connectivity index (χ3v) is 4.15. The first kappa shape index (κ1) is 12.8. The van der Waals surface area contributed by atoms with Crippen LogP contribution < -0.4 is 21.5 Å². The highest BCUT2D eigenvalue weighted by Gasteiger charge is 2.39. The van der Waals surface area contributed by atoms with Crippen molar-refractivity contribution < 1.29 is 0 Å². The van der Waals surface area contributed by atoms with Crippen molar-refractivity contribution in [1.29, 1.82) is 0 Å². The Hall–Kier alpha value is -0.620. The van der Waals surface area contributed by atoms with E-state index in [4.69, 9.17) is 24.4 Å². The van der Waals surface area contributed by atoms with E-state index in [-0.39, 0.29) is 0 Å². The lowest BCUT2D eigenvalue weighted by molar-refractivity contribution is 0.389. The Morgan fingerprint density at radius 3 is 2.47 bits per heavy atom. The highest BCUT2D eigenvalue weighted by Crippen LogP contribution is 2.44. The van der Waals surface area contributed by atoms with E-state index in [1.54, 1.807) is 0 Å². The average molecular weight is 272 g/mol. The van der Waals surface area contributed by atoms with Crippen LogP contribution in [0.2, 0.25) is 0 Å². The van der Waals surface area contributed by atoms with E-state index in [2.05, 4.69) is 21.5 Å². The molecule has 0 aromatic heterocycles. The molecular weight excluding hydrogens is 252 g/mol. The quantitative estimate of drug-likeness (QED) is 0.445. The highest BCUT2D eigenvalue weighted by atomic mass is 32.1. The van der Waals surface area contributed by atoms with Gasteiger partial charge in [0.1, 0.15) is 0 Å². The summed E-state index contributed by atoms with van der Waals surface area (Å²) in [6, 6.07) is 0.559. The fraction of sp³-hybridized carbons (Fsp3) is 0.818. The van der Waals surface area contributed by atoms with Gasteiger partial charge in [-0.15, -0.1) is 0 Å². The maximum absolute atomic E-state index is 5.24. The van der Waals surface area contributed by atoms with Gasteiger partial charge in [0.25, 0.3) is 0 Å². The van der Waals surface area contributed by atoms with Gasteiger partial charge in [-0.2, -0.15) is 0 Å². The molecule has 0 saturated heterocycles. The molecule has 4 N–H and O–H groups in total. The molecule has 4 nitrogen and oxygen atoms in total. The molecule has 96 valence electrons. The second kappa shape index (κ2) is 5.82. The molecule has 2 saturated carbocycles. The van der Waals surface area contributed by atoms with Gasteiger partial charge < -0.3 is 10.6 Å². The topological polar surface area (TPSA) is 48.1 Å². The first-order valence-electron chi connectivity index (χ1n) is 6.29. The van der Waals surface area contributed by atoms with Crippen molar-refractivity contribution in [1.82, 2.24) is 21.5 Å². The standard InChI is InChI=1S/C11H20N4S2/c1-2-12-10(16)14-15-11(17)13-9-6-7-3-4-8(9)5-7/h7-9H,2-6H2,1H3,(H2,12,14,16)(H2,13,15,17)/t7-,8+,9+/m0/s1. The van der Waals surface area contributed by atoms with E-state index < -0.39 is 0 Å². The second-order valence-electron chi connectivity index (χ2n) is 4.86. The van der Waals surface area contributed by atoms with Gasteiger partial charge in [0.2, 0.25) is 0 Å².